The van der Waals surface area contributed by atoms with Crippen LogP contribution < -0.4 is 0 Å². The first-order valence-corrected chi connectivity index (χ1v) is 4.23. The van der Waals surface area contributed by atoms with Gasteiger partial charge >= 0.3 is 0 Å². The number of para-hydroxylation sites is 1. The lowest BCUT2D eigenvalue weighted by atomic mass is 10.1. The molecule has 1 aromatic carbocycles. The van der Waals surface area contributed by atoms with Crippen molar-refractivity contribution in [1.29, 1.82) is 0 Å². The zero-order chi connectivity index (χ0) is 10.1. The van der Waals surface area contributed by atoms with Gasteiger partial charge in [0, 0.05) is 17.1 Å². The summed E-state index contributed by atoms with van der Waals surface area (Å²) in [5, 5.41) is 0.651. The number of halogens is 1. The fourth-order valence-corrected chi connectivity index (χ4v) is 1.32. The molecular weight excluding hydrogens is 181 g/mol. The van der Waals surface area contributed by atoms with Crippen molar-refractivity contribution in [3.8, 4) is 0 Å². The summed E-state index contributed by atoms with van der Waals surface area (Å²) >= 11 is 0. The summed E-state index contributed by atoms with van der Waals surface area (Å²) in [6, 6.07) is 6.33. The molecule has 0 amide bonds. The minimum absolute atomic E-state index is 0.0661. The lowest BCUT2D eigenvalue weighted by Crippen LogP contribution is -1.94. The smallest absolute Gasteiger partial charge is 0.161 e. The van der Waals surface area contributed by atoms with E-state index in [0.29, 0.717) is 16.5 Å². The molecule has 0 radical (unpaired) electrons. The summed E-state index contributed by atoms with van der Waals surface area (Å²) in [6.45, 7) is 1.46. The van der Waals surface area contributed by atoms with Gasteiger partial charge in [0.2, 0.25) is 0 Å². The van der Waals surface area contributed by atoms with Crippen LogP contribution in [0.3, 0.4) is 0 Å². The summed E-state index contributed by atoms with van der Waals surface area (Å²) in [6.07, 6.45) is 1.40. The molecule has 0 spiro atoms. The maximum atomic E-state index is 13.2. The van der Waals surface area contributed by atoms with Crippen LogP contribution in [0.25, 0.3) is 10.9 Å². The van der Waals surface area contributed by atoms with Crippen molar-refractivity contribution < 1.29 is 9.18 Å². The SMILES string of the molecule is CC(=O)c1cnc2c(F)cccc2c1. The van der Waals surface area contributed by atoms with Gasteiger partial charge in [0.15, 0.2) is 5.78 Å². The Morgan fingerprint density at radius 3 is 2.93 bits per heavy atom. The maximum absolute atomic E-state index is 13.2. The summed E-state index contributed by atoms with van der Waals surface area (Å²) in [4.78, 5) is 14.9. The number of benzene rings is 1. The first kappa shape index (κ1) is 8.81. The fraction of sp³-hybridized carbons (Fsp3) is 0.0909. The zero-order valence-electron chi connectivity index (χ0n) is 7.62. The predicted molar refractivity (Wildman–Crippen MR) is 51.7 cm³/mol. The minimum Gasteiger partial charge on any atom is -0.294 e. The van der Waals surface area contributed by atoms with Crippen LogP contribution in [0.5, 0.6) is 0 Å². The average molecular weight is 189 g/mol. The number of nitrogens with zero attached hydrogens (tertiary/aromatic N) is 1. The molecule has 0 N–H and O–H groups in total. The molecule has 0 aliphatic heterocycles. The summed E-state index contributed by atoms with van der Waals surface area (Å²) in [5.41, 5.74) is 0.806. The van der Waals surface area contributed by atoms with Gasteiger partial charge in [-0.25, -0.2) is 4.39 Å². The molecule has 0 aliphatic rings. The second kappa shape index (κ2) is 3.18. The van der Waals surface area contributed by atoms with E-state index in [4.69, 9.17) is 0 Å². The third-order valence-corrected chi connectivity index (χ3v) is 2.07. The molecule has 1 heterocycles. The van der Waals surface area contributed by atoms with E-state index in [-0.39, 0.29) is 11.6 Å². The van der Waals surface area contributed by atoms with E-state index in [1.54, 1.807) is 18.2 Å². The fourth-order valence-electron chi connectivity index (χ4n) is 1.32. The van der Waals surface area contributed by atoms with Crippen molar-refractivity contribution in [1.82, 2.24) is 4.98 Å². The highest BCUT2D eigenvalue weighted by Gasteiger charge is 2.04. The molecule has 0 fully saturated rings. The molecule has 3 heteroatoms. The zero-order valence-corrected chi connectivity index (χ0v) is 7.62. The molecule has 0 unspecified atom stereocenters. The quantitative estimate of drug-likeness (QED) is 0.645. The molecular formula is C11H8FNO. The Kier molecular flexibility index (Phi) is 2.00. The Labute approximate surface area is 80.4 Å². The molecule has 2 nitrogen and oxygen atoms in total. The van der Waals surface area contributed by atoms with Crippen LogP contribution in [0.1, 0.15) is 17.3 Å². The highest BCUT2D eigenvalue weighted by molar-refractivity contribution is 5.97. The Hall–Kier alpha value is -1.77. The Morgan fingerprint density at radius 1 is 1.43 bits per heavy atom. The van der Waals surface area contributed by atoms with Crippen LogP contribution in [-0.2, 0) is 0 Å². The molecule has 14 heavy (non-hydrogen) atoms. The van der Waals surface area contributed by atoms with E-state index in [2.05, 4.69) is 4.98 Å². The van der Waals surface area contributed by atoms with Crippen molar-refractivity contribution in [2.24, 2.45) is 0 Å². The van der Waals surface area contributed by atoms with E-state index in [1.165, 1.54) is 19.2 Å². The number of ketones is 1. The number of rotatable bonds is 1. The topological polar surface area (TPSA) is 30.0 Å². The molecule has 0 aliphatic carbocycles. The highest BCUT2D eigenvalue weighted by atomic mass is 19.1. The van der Waals surface area contributed by atoms with Crippen LogP contribution >= 0.6 is 0 Å². The van der Waals surface area contributed by atoms with Gasteiger partial charge in [0.1, 0.15) is 11.3 Å². The van der Waals surface area contributed by atoms with E-state index < -0.39 is 0 Å². The van der Waals surface area contributed by atoms with Crippen molar-refractivity contribution in [3.05, 3.63) is 41.8 Å². The molecule has 0 bridgehead atoms. The molecule has 0 atom stereocenters. The van der Waals surface area contributed by atoms with Crippen molar-refractivity contribution >= 4 is 16.7 Å². The van der Waals surface area contributed by atoms with Crippen molar-refractivity contribution in [3.63, 3.8) is 0 Å². The largest absolute Gasteiger partial charge is 0.294 e. The van der Waals surface area contributed by atoms with E-state index in [1.807, 2.05) is 0 Å². The van der Waals surface area contributed by atoms with Crippen LogP contribution in [0.4, 0.5) is 4.39 Å². The first-order valence-electron chi connectivity index (χ1n) is 4.23. The molecule has 70 valence electrons. The minimum atomic E-state index is -0.363. The number of fused-ring (bicyclic) bond motifs is 1. The van der Waals surface area contributed by atoms with E-state index in [9.17, 15) is 9.18 Å². The van der Waals surface area contributed by atoms with Crippen LogP contribution in [-0.4, -0.2) is 10.8 Å². The lowest BCUT2D eigenvalue weighted by Gasteiger charge is -1.99. The first-order chi connectivity index (χ1) is 6.68. The average Bonchev–Trinajstić information content (AvgIpc) is 2.17. The van der Waals surface area contributed by atoms with E-state index >= 15 is 0 Å². The maximum Gasteiger partial charge on any atom is 0.161 e. The second-order valence-corrected chi connectivity index (χ2v) is 3.09. The number of Topliss-reactive ketones (excluding diaryl/α,β-unsaturated/α-hetero) is 1. The van der Waals surface area contributed by atoms with Crippen LogP contribution in [0.2, 0.25) is 0 Å². The monoisotopic (exact) mass is 189 g/mol. The van der Waals surface area contributed by atoms with Gasteiger partial charge in [0.25, 0.3) is 0 Å². The number of carbonyl (C=O) groups excluding carboxylic acids is 1. The number of hydrogen-bond donors (Lipinski definition) is 0. The standard InChI is InChI=1S/C11H8FNO/c1-7(14)9-5-8-3-2-4-10(12)11(8)13-6-9/h2-6H,1H3. The lowest BCUT2D eigenvalue weighted by molar-refractivity contribution is 0.101. The second-order valence-electron chi connectivity index (χ2n) is 3.09. The molecule has 2 rings (SSSR count). The summed E-state index contributed by atoms with van der Waals surface area (Å²) in [7, 11) is 0. The number of aromatic nitrogens is 1. The van der Waals surface area contributed by atoms with Gasteiger partial charge in [-0.1, -0.05) is 12.1 Å². The third kappa shape index (κ3) is 1.37. The van der Waals surface area contributed by atoms with Gasteiger partial charge in [-0.3, -0.25) is 9.78 Å². The predicted octanol–water partition coefficient (Wildman–Crippen LogP) is 2.58. The Balaban J connectivity index is 2.73. The number of carbonyl (C=O) groups is 1. The Morgan fingerprint density at radius 2 is 2.21 bits per heavy atom. The number of pyridine rings is 1. The molecule has 1 aromatic heterocycles. The summed E-state index contributed by atoms with van der Waals surface area (Å²) < 4.78 is 13.2. The van der Waals surface area contributed by atoms with Crippen LogP contribution in [0, 0.1) is 5.82 Å². The van der Waals surface area contributed by atoms with Crippen LogP contribution in [0.15, 0.2) is 30.5 Å². The van der Waals surface area contributed by atoms with Gasteiger partial charge in [-0.15, -0.1) is 0 Å². The van der Waals surface area contributed by atoms with Gasteiger partial charge in [-0.2, -0.15) is 0 Å². The van der Waals surface area contributed by atoms with Gasteiger partial charge in [0.05, 0.1) is 0 Å². The molecule has 0 saturated heterocycles. The molecule has 2 aromatic rings. The summed E-state index contributed by atoms with van der Waals surface area (Å²) in [5.74, 6) is -0.429. The Bertz CT molecular complexity index is 508. The van der Waals surface area contributed by atoms with E-state index in [0.717, 1.165) is 0 Å². The van der Waals surface area contributed by atoms with Gasteiger partial charge in [-0.05, 0) is 19.1 Å². The molecule has 0 saturated carbocycles. The van der Waals surface area contributed by atoms with Gasteiger partial charge < -0.3 is 0 Å². The highest BCUT2D eigenvalue weighted by Crippen LogP contribution is 2.16. The third-order valence-electron chi connectivity index (χ3n) is 2.07. The number of hydrogen-bond acceptors (Lipinski definition) is 2. The normalized spacial score (nSPS) is 10.4. The van der Waals surface area contributed by atoms with Crippen molar-refractivity contribution in [2.45, 2.75) is 6.92 Å². The van der Waals surface area contributed by atoms with Crippen molar-refractivity contribution in [2.75, 3.05) is 0 Å².